The number of carbonyl (C=O) groups is 3. The molecule has 0 unspecified atom stereocenters. The number of carbonyl (C=O) groups excluding carboxylic acids is 3. The summed E-state index contributed by atoms with van der Waals surface area (Å²) >= 11 is 0. The lowest BCUT2D eigenvalue weighted by molar-refractivity contribution is -0.122. The number of Topliss-reactive ketones (excluding diaryl/α,β-unsaturated/α-hetero) is 1. The van der Waals surface area contributed by atoms with E-state index in [4.69, 9.17) is 4.74 Å². The summed E-state index contributed by atoms with van der Waals surface area (Å²) in [6, 6.07) is 14.5. The van der Waals surface area contributed by atoms with Crippen molar-refractivity contribution < 1.29 is 19.1 Å². The second kappa shape index (κ2) is 10.1. The molecule has 158 valence electrons. The second-order valence-electron chi connectivity index (χ2n) is 7.66. The van der Waals surface area contributed by atoms with Crippen molar-refractivity contribution in [3.8, 4) is 5.75 Å². The maximum Gasteiger partial charge on any atom is 0.253 e. The molecule has 6 heteroatoms. The van der Waals surface area contributed by atoms with Gasteiger partial charge in [-0.2, -0.15) is 0 Å². The van der Waals surface area contributed by atoms with Crippen LogP contribution in [-0.4, -0.2) is 48.7 Å². The molecule has 1 saturated heterocycles. The maximum atomic E-state index is 12.7. The topological polar surface area (TPSA) is 75.7 Å². The van der Waals surface area contributed by atoms with E-state index in [1.807, 2.05) is 25.1 Å². The van der Waals surface area contributed by atoms with Gasteiger partial charge in [0.05, 0.1) is 7.11 Å². The summed E-state index contributed by atoms with van der Waals surface area (Å²) in [6.45, 7) is 3.14. The molecule has 1 N–H and O–H groups in total. The standard InChI is InChI=1S/C24H28N2O4/c1-17-6-8-18(9-7-17)22(27)10-11-23(28)25-20-12-14-26(15-13-20)24(29)19-4-3-5-21(16-19)30-2/h3-9,16,20H,10-15H2,1-2H3,(H,25,28). The third-order valence-electron chi connectivity index (χ3n) is 5.42. The zero-order chi connectivity index (χ0) is 21.5. The van der Waals surface area contributed by atoms with Crippen LogP contribution >= 0.6 is 0 Å². The molecule has 3 rings (SSSR count). The molecule has 1 fully saturated rings. The quantitative estimate of drug-likeness (QED) is 0.713. The van der Waals surface area contributed by atoms with Crippen LogP contribution in [0.2, 0.25) is 0 Å². The Morgan fingerprint density at radius 3 is 2.37 bits per heavy atom. The summed E-state index contributed by atoms with van der Waals surface area (Å²) in [5.74, 6) is 0.488. The number of nitrogens with one attached hydrogen (secondary N) is 1. The van der Waals surface area contributed by atoms with Crippen molar-refractivity contribution in [3.05, 3.63) is 65.2 Å². The number of ketones is 1. The molecule has 2 amide bonds. The Balaban J connectivity index is 1.42. The van der Waals surface area contributed by atoms with Gasteiger partial charge < -0.3 is 15.0 Å². The minimum Gasteiger partial charge on any atom is -0.497 e. The van der Waals surface area contributed by atoms with Gasteiger partial charge in [-0.1, -0.05) is 35.9 Å². The van der Waals surface area contributed by atoms with E-state index >= 15 is 0 Å². The van der Waals surface area contributed by atoms with Crippen molar-refractivity contribution >= 4 is 17.6 Å². The molecular formula is C24H28N2O4. The zero-order valence-electron chi connectivity index (χ0n) is 17.5. The highest BCUT2D eigenvalue weighted by Gasteiger charge is 2.25. The van der Waals surface area contributed by atoms with E-state index in [0.717, 1.165) is 5.56 Å². The molecule has 0 saturated carbocycles. The average molecular weight is 408 g/mol. The van der Waals surface area contributed by atoms with Crippen molar-refractivity contribution in [2.45, 2.75) is 38.6 Å². The molecule has 2 aromatic rings. The van der Waals surface area contributed by atoms with Crippen LogP contribution in [0.1, 0.15) is 52.0 Å². The van der Waals surface area contributed by atoms with Gasteiger partial charge in [-0.05, 0) is 38.0 Å². The molecular weight excluding hydrogens is 380 g/mol. The number of hydrogen-bond acceptors (Lipinski definition) is 4. The Morgan fingerprint density at radius 1 is 1.00 bits per heavy atom. The fraction of sp³-hybridized carbons (Fsp3) is 0.375. The van der Waals surface area contributed by atoms with Crippen molar-refractivity contribution in [3.63, 3.8) is 0 Å². The van der Waals surface area contributed by atoms with E-state index < -0.39 is 0 Å². The van der Waals surface area contributed by atoms with Gasteiger partial charge in [0.1, 0.15) is 5.75 Å². The minimum absolute atomic E-state index is 0.0242. The van der Waals surface area contributed by atoms with Crippen LogP contribution in [-0.2, 0) is 4.79 Å². The summed E-state index contributed by atoms with van der Waals surface area (Å²) in [5.41, 5.74) is 2.34. The second-order valence-corrected chi connectivity index (χ2v) is 7.66. The summed E-state index contributed by atoms with van der Waals surface area (Å²) in [5, 5.41) is 3.00. The van der Waals surface area contributed by atoms with Crippen LogP contribution in [0, 0.1) is 6.92 Å². The molecule has 0 bridgehead atoms. The Kier molecular flexibility index (Phi) is 7.22. The molecule has 2 aromatic carbocycles. The van der Waals surface area contributed by atoms with Gasteiger partial charge in [0.2, 0.25) is 5.91 Å². The summed E-state index contributed by atoms with van der Waals surface area (Å²) in [4.78, 5) is 38.9. The summed E-state index contributed by atoms with van der Waals surface area (Å²) in [6.07, 6.45) is 1.78. The van der Waals surface area contributed by atoms with E-state index in [2.05, 4.69) is 5.32 Å². The number of aryl methyl sites for hydroxylation is 1. The minimum atomic E-state index is -0.118. The third-order valence-corrected chi connectivity index (χ3v) is 5.42. The lowest BCUT2D eigenvalue weighted by Crippen LogP contribution is -2.46. The van der Waals surface area contributed by atoms with Gasteiger partial charge in [-0.3, -0.25) is 14.4 Å². The van der Waals surface area contributed by atoms with Crippen LogP contribution in [0.3, 0.4) is 0 Å². The predicted octanol–water partition coefficient (Wildman–Crippen LogP) is 3.39. The van der Waals surface area contributed by atoms with Crippen LogP contribution < -0.4 is 10.1 Å². The number of rotatable bonds is 7. The molecule has 1 heterocycles. The smallest absolute Gasteiger partial charge is 0.253 e. The van der Waals surface area contributed by atoms with Crippen molar-refractivity contribution in [1.29, 1.82) is 0 Å². The highest BCUT2D eigenvalue weighted by Crippen LogP contribution is 2.18. The number of hydrogen-bond donors (Lipinski definition) is 1. The van der Waals surface area contributed by atoms with Gasteiger partial charge >= 0.3 is 0 Å². The van der Waals surface area contributed by atoms with E-state index in [0.29, 0.717) is 42.8 Å². The van der Waals surface area contributed by atoms with E-state index in [1.54, 1.807) is 42.3 Å². The Labute approximate surface area is 177 Å². The molecule has 30 heavy (non-hydrogen) atoms. The number of piperidine rings is 1. The fourth-order valence-electron chi connectivity index (χ4n) is 3.58. The highest BCUT2D eigenvalue weighted by molar-refractivity contribution is 5.98. The van der Waals surface area contributed by atoms with Crippen molar-refractivity contribution in [1.82, 2.24) is 10.2 Å². The van der Waals surface area contributed by atoms with Crippen LogP contribution in [0.15, 0.2) is 48.5 Å². The Hall–Kier alpha value is -3.15. The molecule has 0 radical (unpaired) electrons. The Morgan fingerprint density at radius 2 is 1.70 bits per heavy atom. The normalized spacial score (nSPS) is 14.3. The number of benzene rings is 2. The number of nitrogens with zero attached hydrogens (tertiary/aromatic N) is 1. The number of likely N-dealkylation sites (tertiary alicyclic amines) is 1. The van der Waals surface area contributed by atoms with Gasteiger partial charge in [0.25, 0.3) is 5.91 Å². The van der Waals surface area contributed by atoms with Gasteiger partial charge in [-0.25, -0.2) is 0 Å². The molecule has 0 atom stereocenters. The van der Waals surface area contributed by atoms with Crippen molar-refractivity contribution in [2.24, 2.45) is 0 Å². The number of amides is 2. The lowest BCUT2D eigenvalue weighted by Gasteiger charge is -2.32. The fourth-order valence-corrected chi connectivity index (χ4v) is 3.58. The number of methoxy groups -OCH3 is 1. The van der Waals surface area contributed by atoms with Gasteiger partial charge in [0.15, 0.2) is 5.78 Å². The zero-order valence-corrected chi connectivity index (χ0v) is 17.5. The SMILES string of the molecule is COc1cccc(C(=O)N2CCC(NC(=O)CCC(=O)c3ccc(C)cc3)CC2)c1. The first-order valence-electron chi connectivity index (χ1n) is 10.3. The molecule has 1 aliphatic heterocycles. The van der Waals surface area contributed by atoms with Crippen molar-refractivity contribution in [2.75, 3.05) is 20.2 Å². The first-order chi connectivity index (χ1) is 14.5. The largest absolute Gasteiger partial charge is 0.497 e. The average Bonchev–Trinajstić information content (AvgIpc) is 2.78. The van der Waals surface area contributed by atoms with Crippen LogP contribution in [0.25, 0.3) is 0 Å². The molecule has 0 spiro atoms. The molecule has 0 aromatic heterocycles. The van der Waals surface area contributed by atoms with E-state index in [9.17, 15) is 14.4 Å². The van der Waals surface area contributed by atoms with Gasteiger partial charge in [-0.15, -0.1) is 0 Å². The first kappa shape index (κ1) is 21.6. The maximum absolute atomic E-state index is 12.7. The highest BCUT2D eigenvalue weighted by atomic mass is 16.5. The third kappa shape index (κ3) is 5.69. The lowest BCUT2D eigenvalue weighted by atomic mass is 10.0. The van der Waals surface area contributed by atoms with Gasteiger partial charge in [0, 0.05) is 43.1 Å². The van der Waals surface area contributed by atoms with Crippen LogP contribution in [0.4, 0.5) is 0 Å². The molecule has 1 aliphatic rings. The Bertz CT molecular complexity index is 900. The van der Waals surface area contributed by atoms with Crippen LogP contribution in [0.5, 0.6) is 5.75 Å². The summed E-state index contributed by atoms with van der Waals surface area (Å²) in [7, 11) is 1.58. The first-order valence-corrected chi connectivity index (χ1v) is 10.3. The molecule has 6 nitrogen and oxygen atoms in total. The monoisotopic (exact) mass is 408 g/mol. The number of ether oxygens (including phenoxy) is 1. The summed E-state index contributed by atoms with van der Waals surface area (Å²) < 4.78 is 5.18. The van der Waals surface area contributed by atoms with E-state index in [-0.39, 0.29) is 36.5 Å². The molecule has 0 aliphatic carbocycles. The van der Waals surface area contributed by atoms with E-state index in [1.165, 1.54) is 0 Å². The predicted molar refractivity (Wildman–Crippen MR) is 115 cm³/mol.